The predicted molar refractivity (Wildman–Crippen MR) is 83.5 cm³/mol. The Bertz CT molecular complexity index is 387. The van der Waals surface area contributed by atoms with Crippen LogP contribution >= 0.6 is 11.8 Å². The van der Waals surface area contributed by atoms with Gasteiger partial charge in [0.2, 0.25) is 0 Å². The monoisotopic (exact) mass is 318 g/mol. The SMILES string of the molecule is CC(N)CCSC1(CC(=O)O)CN(C(=O)OC(C)(C)C)C1. The number of aliphatic carboxylic acids is 1. The van der Waals surface area contributed by atoms with Crippen LogP contribution in [0.15, 0.2) is 0 Å². The highest BCUT2D eigenvalue weighted by atomic mass is 32.2. The molecule has 3 N–H and O–H groups in total. The molecule has 1 amide bonds. The van der Waals surface area contributed by atoms with Crippen LogP contribution in [0.25, 0.3) is 0 Å². The van der Waals surface area contributed by atoms with E-state index < -0.39 is 16.3 Å². The molecule has 0 bridgehead atoms. The summed E-state index contributed by atoms with van der Waals surface area (Å²) < 4.78 is 4.89. The first kappa shape index (κ1) is 18.1. The van der Waals surface area contributed by atoms with E-state index in [1.807, 2.05) is 27.7 Å². The van der Waals surface area contributed by atoms with Crippen molar-refractivity contribution in [3.05, 3.63) is 0 Å². The molecular weight excluding hydrogens is 292 g/mol. The number of thioether (sulfide) groups is 1. The molecule has 1 heterocycles. The van der Waals surface area contributed by atoms with E-state index in [4.69, 9.17) is 15.6 Å². The Hall–Kier alpha value is -0.950. The van der Waals surface area contributed by atoms with E-state index in [-0.39, 0.29) is 18.6 Å². The highest BCUT2D eigenvalue weighted by Crippen LogP contribution is 2.39. The highest BCUT2D eigenvalue weighted by molar-refractivity contribution is 8.00. The van der Waals surface area contributed by atoms with Crippen LogP contribution in [-0.4, -0.2) is 57.3 Å². The molecule has 1 fully saturated rings. The first-order valence-electron chi connectivity index (χ1n) is 7.12. The Kier molecular flexibility index (Phi) is 5.92. The maximum atomic E-state index is 11.9. The summed E-state index contributed by atoms with van der Waals surface area (Å²) in [4.78, 5) is 24.5. The fourth-order valence-electron chi connectivity index (χ4n) is 2.10. The van der Waals surface area contributed by atoms with Gasteiger partial charge in [-0.1, -0.05) is 0 Å². The number of ether oxygens (including phenoxy) is 1. The third kappa shape index (κ3) is 6.13. The number of likely N-dealkylation sites (tertiary alicyclic amines) is 1. The van der Waals surface area contributed by atoms with Gasteiger partial charge in [-0.05, 0) is 39.9 Å². The van der Waals surface area contributed by atoms with Gasteiger partial charge in [-0.2, -0.15) is 11.8 Å². The van der Waals surface area contributed by atoms with E-state index in [0.29, 0.717) is 13.1 Å². The van der Waals surface area contributed by atoms with Crippen LogP contribution in [0, 0.1) is 0 Å². The summed E-state index contributed by atoms with van der Waals surface area (Å²) in [5.74, 6) is -0.0419. The average molecular weight is 318 g/mol. The predicted octanol–water partition coefficient (Wildman–Crippen LogP) is 1.92. The molecule has 1 atom stereocenters. The van der Waals surface area contributed by atoms with E-state index in [1.165, 1.54) is 0 Å². The van der Waals surface area contributed by atoms with Crippen LogP contribution in [0.1, 0.15) is 40.5 Å². The number of hydrogen-bond acceptors (Lipinski definition) is 5. The number of rotatable bonds is 6. The van der Waals surface area contributed by atoms with E-state index in [1.54, 1.807) is 16.7 Å². The quantitative estimate of drug-likeness (QED) is 0.777. The molecule has 1 aliphatic heterocycles. The molecule has 1 aliphatic rings. The molecule has 122 valence electrons. The van der Waals surface area contributed by atoms with Crippen LogP contribution in [0.3, 0.4) is 0 Å². The molecule has 7 heteroatoms. The second-order valence-corrected chi connectivity index (χ2v) is 8.27. The molecule has 21 heavy (non-hydrogen) atoms. The first-order valence-corrected chi connectivity index (χ1v) is 8.11. The van der Waals surface area contributed by atoms with Crippen molar-refractivity contribution >= 4 is 23.8 Å². The van der Waals surface area contributed by atoms with Gasteiger partial charge in [0.15, 0.2) is 0 Å². The first-order chi connectivity index (χ1) is 9.53. The van der Waals surface area contributed by atoms with Crippen LogP contribution in [0.4, 0.5) is 4.79 Å². The van der Waals surface area contributed by atoms with Gasteiger partial charge in [0.1, 0.15) is 5.60 Å². The van der Waals surface area contributed by atoms with E-state index in [2.05, 4.69) is 0 Å². The van der Waals surface area contributed by atoms with Crippen molar-refractivity contribution in [3.63, 3.8) is 0 Å². The van der Waals surface area contributed by atoms with Crippen molar-refractivity contribution in [1.82, 2.24) is 4.90 Å². The Morgan fingerprint density at radius 3 is 2.43 bits per heavy atom. The molecule has 0 aromatic rings. The van der Waals surface area contributed by atoms with Gasteiger partial charge in [-0.25, -0.2) is 4.79 Å². The Labute approximate surface area is 130 Å². The number of amides is 1. The summed E-state index contributed by atoms with van der Waals surface area (Å²) in [6, 6.07) is 0.0985. The smallest absolute Gasteiger partial charge is 0.410 e. The maximum absolute atomic E-state index is 11.9. The summed E-state index contributed by atoms with van der Waals surface area (Å²) in [5, 5.41) is 9.06. The maximum Gasteiger partial charge on any atom is 0.410 e. The minimum atomic E-state index is -0.841. The lowest BCUT2D eigenvalue weighted by atomic mass is 9.95. The molecule has 6 nitrogen and oxygen atoms in total. The second kappa shape index (κ2) is 6.87. The number of nitrogens with two attached hydrogens (primary N) is 1. The Morgan fingerprint density at radius 1 is 1.43 bits per heavy atom. The zero-order chi connectivity index (χ0) is 16.3. The minimum Gasteiger partial charge on any atom is -0.481 e. The van der Waals surface area contributed by atoms with Crippen LogP contribution < -0.4 is 5.73 Å². The van der Waals surface area contributed by atoms with Crippen molar-refractivity contribution in [2.45, 2.75) is 56.9 Å². The number of carboxylic acids is 1. The van der Waals surface area contributed by atoms with Crippen molar-refractivity contribution in [3.8, 4) is 0 Å². The minimum absolute atomic E-state index is 0.0515. The van der Waals surface area contributed by atoms with Gasteiger partial charge in [0, 0.05) is 19.1 Å². The fourth-order valence-corrected chi connectivity index (χ4v) is 3.74. The summed E-state index contributed by atoms with van der Waals surface area (Å²) in [7, 11) is 0. The molecule has 0 aliphatic carbocycles. The summed E-state index contributed by atoms with van der Waals surface area (Å²) in [5.41, 5.74) is 5.18. The standard InChI is InChI=1S/C14H26N2O4S/c1-10(15)5-6-21-14(7-11(17)18)8-16(9-14)12(19)20-13(2,3)4/h10H,5-9,15H2,1-4H3,(H,17,18). The van der Waals surface area contributed by atoms with Crippen LogP contribution in [0.2, 0.25) is 0 Å². The lowest BCUT2D eigenvalue weighted by Crippen LogP contribution is -2.63. The van der Waals surface area contributed by atoms with Gasteiger partial charge in [0.05, 0.1) is 11.2 Å². The largest absolute Gasteiger partial charge is 0.481 e. The molecule has 0 aromatic heterocycles. The van der Waals surface area contributed by atoms with Crippen LogP contribution in [-0.2, 0) is 9.53 Å². The molecule has 1 unspecified atom stereocenters. The second-order valence-electron chi connectivity index (χ2n) is 6.70. The molecule has 1 saturated heterocycles. The normalized spacial score (nSPS) is 18.8. The van der Waals surface area contributed by atoms with Gasteiger partial charge < -0.3 is 20.5 Å². The number of carbonyl (C=O) groups excluding carboxylic acids is 1. The van der Waals surface area contributed by atoms with Crippen molar-refractivity contribution < 1.29 is 19.4 Å². The lowest BCUT2D eigenvalue weighted by molar-refractivity contribution is -0.138. The van der Waals surface area contributed by atoms with Gasteiger partial charge in [0.25, 0.3) is 0 Å². The van der Waals surface area contributed by atoms with Gasteiger partial charge >= 0.3 is 12.1 Å². The molecule has 0 radical (unpaired) electrons. The molecule has 1 rings (SSSR count). The number of hydrogen-bond donors (Lipinski definition) is 2. The zero-order valence-corrected chi connectivity index (χ0v) is 14.0. The Balaban J connectivity index is 2.53. The number of carboxylic acid groups (broad SMARTS) is 1. The molecule has 0 spiro atoms. The zero-order valence-electron chi connectivity index (χ0n) is 13.2. The van der Waals surface area contributed by atoms with Crippen molar-refractivity contribution in [2.24, 2.45) is 5.73 Å². The summed E-state index contributed by atoms with van der Waals surface area (Å²) >= 11 is 1.60. The Morgan fingerprint density at radius 2 is 2.00 bits per heavy atom. The van der Waals surface area contributed by atoms with Crippen molar-refractivity contribution in [2.75, 3.05) is 18.8 Å². The highest BCUT2D eigenvalue weighted by Gasteiger charge is 2.48. The summed E-state index contributed by atoms with van der Waals surface area (Å²) in [6.45, 7) is 8.19. The third-order valence-corrected chi connectivity index (χ3v) is 4.52. The van der Waals surface area contributed by atoms with Gasteiger partial charge in [-0.15, -0.1) is 0 Å². The van der Waals surface area contributed by atoms with E-state index in [9.17, 15) is 9.59 Å². The van der Waals surface area contributed by atoms with E-state index in [0.717, 1.165) is 12.2 Å². The number of carbonyl (C=O) groups is 2. The number of nitrogens with zero attached hydrogens (tertiary/aromatic N) is 1. The molecule has 0 saturated carbocycles. The topological polar surface area (TPSA) is 92.9 Å². The molecular formula is C14H26N2O4S. The van der Waals surface area contributed by atoms with Crippen molar-refractivity contribution in [1.29, 1.82) is 0 Å². The third-order valence-electron chi connectivity index (χ3n) is 3.06. The van der Waals surface area contributed by atoms with Gasteiger partial charge in [-0.3, -0.25) is 4.79 Å². The fraction of sp³-hybridized carbons (Fsp3) is 0.857. The average Bonchev–Trinajstić information content (AvgIpc) is 2.20. The van der Waals surface area contributed by atoms with E-state index >= 15 is 0 Å². The van der Waals surface area contributed by atoms with Crippen LogP contribution in [0.5, 0.6) is 0 Å². The summed E-state index contributed by atoms with van der Waals surface area (Å²) in [6.07, 6.45) is 0.505. The lowest BCUT2D eigenvalue weighted by Gasteiger charge is -2.48. The molecule has 0 aromatic carbocycles.